The van der Waals surface area contributed by atoms with Crippen molar-refractivity contribution >= 4 is 5.91 Å². The Labute approximate surface area is 212 Å². The predicted molar refractivity (Wildman–Crippen MR) is 137 cm³/mol. The van der Waals surface area contributed by atoms with Crippen molar-refractivity contribution in [2.45, 2.75) is 51.8 Å². The summed E-state index contributed by atoms with van der Waals surface area (Å²) in [5, 5.41) is 3.09. The van der Waals surface area contributed by atoms with Crippen LogP contribution in [0.4, 0.5) is 0 Å². The fourth-order valence-corrected chi connectivity index (χ4v) is 4.69. The minimum Gasteiger partial charge on any atom is -0.490 e. The van der Waals surface area contributed by atoms with Crippen molar-refractivity contribution in [3.05, 3.63) is 77.5 Å². The first kappa shape index (κ1) is 24.1. The van der Waals surface area contributed by atoms with E-state index in [0.29, 0.717) is 37.9 Å². The maximum absolute atomic E-state index is 12.9. The van der Waals surface area contributed by atoms with Crippen LogP contribution in [0, 0.1) is 0 Å². The van der Waals surface area contributed by atoms with Crippen molar-refractivity contribution in [2.24, 2.45) is 0 Å². The van der Waals surface area contributed by atoms with Crippen molar-refractivity contribution in [3.8, 4) is 23.1 Å². The van der Waals surface area contributed by atoms with Crippen LogP contribution >= 0.6 is 0 Å². The van der Waals surface area contributed by atoms with Gasteiger partial charge in [-0.15, -0.1) is 0 Å². The van der Waals surface area contributed by atoms with E-state index in [4.69, 9.17) is 14.2 Å². The van der Waals surface area contributed by atoms with Gasteiger partial charge >= 0.3 is 0 Å². The monoisotopic (exact) mass is 487 g/mol. The molecule has 2 aromatic carbocycles. The summed E-state index contributed by atoms with van der Waals surface area (Å²) in [5.41, 5.74) is 3.24. The van der Waals surface area contributed by atoms with Crippen molar-refractivity contribution in [1.29, 1.82) is 0 Å². The molecule has 0 bridgehead atoms. The van der Waals surface area contributed by atoms with E-state index < -0.39 is 0 Å². The molecule has 1 amide bonds. The van der Waals surface area contributed by atoms with E-state index in [1.807, 2.05) is 48.5 Å². The molecule has 3 heterocycles. The van der Waals surface area contributed by atoms with Gasteiger partial charge in [0, 0.05) is 31.3 Å². The Morgan fingerprint density at radius 2 is 1.92 bits per heavy atom. The molecular weight excluding hydrogens is 454 g/mol. The summed E-state index contributed by atoms with van der Waals surface area (Å²) < 4.78 is 17.9. The first-order chi connectivity index (χ1) is 17.6. The SMILES string of the molecule is CC1Cc2cc(CNC(=O)CN3CCCCCOc4ccccc4Oc4ncccc4C3)ccc2O1. The Kier molecular flexibility index (Phi) is 7.67. The minimum atomic E-state index is 0.00414. The van der Waals surface area contributed by atoms with E-state index in [1.54, 1.807) is 6.20 Å². The summed E-state index contributed by atoms with van der Waals surface area (Å²) >= 11 is 0. The van der Waals surface area contributed by atoms with Gasteiger partial charge in [0.15, 0.2) is 11.5 Å². The fraction of sp³-hybridized carbons (Fsp3) is 0.379. The predicted octanol–water partition coefficient (Wildman–Crippen LogP) is 4.88. The van der Waals surface area contributed by atoms with Crippen LogP contribution < -0.4 is 19.5 Å². The number of pyridine rings is 1. The van der Waals surface area contributed by atoms with Gasteiger partial charge in [-0.25, -0.2) is 4.98 Å². The van der Waals surface area contributed by atoms with Crippen LogP contribution in [0.25, 0.3) is 0 Å². The van der Waals surface area contributed by atoms with E-state index in [0.717, 1.165) is 54.9 Å². The van der Waals surface area contributed by atoms with Gasteiger partial charge in [-0.3, -0.25) is 9.69 Å². The highest BCUT2D eigenvalue weighted by Crippen LogP contribution is 2.33. The zero-order chi connectivity index (χ0) is 24.7. The Hall–Kier alpha value is -3.58. The van der Waals surface area contributed by atoms with Gasteiger partial charge in [0.1, 0.15) is 11.9 Å². The number of para-hydroxylation sites is 2. The number of nitrogens with zero attached hydrogens (tertiary/aromatic N) is 2. The van der Waals surface area contributed by atoms with Crippen molar-refractivity contribution in [1.82, 2.24) is 15.2 Å². The molecule has 5 rings (SSSR count). The summed E-state index contributed by atoms with van der Waals surface area (Å²) in [5.74, 6) is 2.86. The number of hydrogen-bond acceptors (Lipinski definition) is 6. The molecule has 1 atom stereocenters. The maximum atomic E-state index is 12.9. The second-order valence-corrected chi connectivity index (χ2v) is 9.49. The van der Waals surface area contributed by atoms with Gasteiger partial charge in [0.05, 0.1) is 13.2 Å². The lowest BCUT2D eigenvalue weighted by Crippen LogP contribution is -2.37. The van der Waals surface area contributed by atoms with Gasteiger partial charge < -0.3 is 19.5 Å². The molecule has 1 unspecified atom stereocenters. The highest BCUT2D eigenvalue weighted by molar-refractivity contribution is 5.78. The average molecular weight is 488 g/mol. The van der Waals surface area contributed by atoms with E-state index in [2.05, 4.69) is 28.2 Å². The topological polar surface area (TPSA) is 72.9 Å². The normalized spacial score (nSPS) is 18.0. The number of fused-ring (bicyclic) bond motifs is 3. The largest absolute Gasteiger partial charge is 0.490 e. The fourth-order valence-electron chi connectivity index (χ4n) is 4.69. The molecule has 188 valence electrons. The molecule has 2 aliphatic rings. The van der Waals surface area contributed by atoms with Crippen molar-refractivity contribution in [2.75, 3.05) is 19.7 Å². The molecule has 0 spiro atoms. The lowest BCUT2D eigenvalue weighted by molar-refractivity contribution is -0.122. The molecule has 2 aliphatic heterocycles. The second kappa shape index (κ2) is 11.4. The molecule has 0 aliphatic carbocycles. The molecular formula is C29H33N3O4. The van der Waals surface area contributed by atoms with Crippen LogP contribution in [-0.4, -0.2) is 41.6 Å². The third kappa shape index (κ3) is 6.15. The van der Waals surface area contributed by atoms with Gasteiger partial charge in [-0.05, 0) is 68.1 Å². The van der Waals surface area contributed by atoms with Gasteiger partial charge in [0.2, 0.25) is 11.8 Å². The van der Waals surface area contributed by atoms with Crippen LogP contribution in [0.5, 0.6) is 23.1 Å². The summed E-state index contributed by atoms with van der Waals surface area (Å²) in [6.07, 6.45) is 5.80. The smallest absolute Gasteiger partial charge is 0.234 e. The number of ether oxygens (including phenoxy) is 3. The van der Waals surface area contributed by atoms with Crippen LogP contribution in [0.1, 0.15) is 42.9 Å². The first-order valence-corrected chi connectivity index (χ1v) is 12.7. The van der Waals surface area contributed by atoms with Crippen LogP contribution in [-0.2, 0) is 24.3 Å². The molecule has 7 nitrogen and oxygen atoms in total. The van der Waals surface area contributed by atoms with Gasteiger partial charge in [-0.1, -0.05) is 30.3 Å². The van der Waals surface area contributed by atoms with Gasteiger partial charge in [0.25, 0.3) is 0 Å². The summed E-state index contributed by atoms with van der Waals surface area (Å²) in [4.78, 5) is 19.6. The molecule has 0 saturated carbocycles. The average Bonchev–Trinajstić information content (AvgIpc) is 3.26. The Morgan fingerprint density at radius 1 is 1.03 bits per heavy atom. The molecule has 0 saturated heterocycles. The quantitative estimate of drug-likeness (QED) is 0.566. The Bertz CT molecular complexity index is 1200. The number of carbonyl (C=O) groups is 1. The molecule has 1 N–H and O–H groups in total. The summed E-state index contributed by atoms with van der Waals surface area (Å²) in [6.45, 7) is 4.90. The van der Waals surface area contributed by atoms with Crippen LogP contribution in [0.15, 0.2) is 60.8 Å². The third-order valence-electron chi connectivity index (χ3n) is 6.49. The number of carbonyl (C=O) groups excluding carboxylic acids is 1. The second-order valence-electron chi connectivity index (χ2n) is 9.49. The maximum Gasteiger partial charge on any atom is 0.234 e. The molecule has 7 heteroatoms. The summed E-state index contributed by atoms with van der Waals surface area (Å²) in [6, 6.07) is 17.7. The number of aromatic nitrogens is 1. The molecule has 36 heavy (non-hydrogen) atoms. The van der Waals surface area contributed by atoms with Gasteiger partial charge in [-0.2, -0.15) is 0 Å². The zero-order valence-corrected chi connectivity index (χ0v) is 20.7. The van der Waals surface area contributed by atoms with Crippen molar-refractivity contribution in [3.63, 3.8) is 0 Å². The van der Waals surface area contributed by atoms with E-state index in [1.165, 1.54) is 5.56 Å². The number of amides is 1. The molecule has 0 radical (unpaired) electrons. The number of benzene rings is 2. The molecule has 0 fully saturated rings. The lowest BCUT2D eigenvalue weighted by Gasteiger charge is -2.22. The standard InChI is InChI=1S/C29H33N3O4/c1-21-16-24-17-22(11-12-25(24)35-21)18-31-28(33)20-32-14-5-2-6-15-34-26-9-3-4-10-27(26)36-29-23(19-32)8-7-13-30-29/h3-4,7-13,17,21H,2,5-6,14-16,18-20H2,1H3,(H,31,33). The Morgan fingerprint density at radius 3 is 2.83 bits per heavy atom. The Balaban J connectivity index is 1.26. The highest BCUT2D eigenvalue weighted by Gasteiger charge is 2.20. The van der Waals surface area contributed by atoms with Crippen LogP contribution in [0.3, 0.4) is 0 Å². The third-order valence-corrected chi connectivity index (χ3v) is 6.49. The van der Waals surface area contributed by atoms with Crippen molar-refractivity contribution < 1.29 is 19.0 Å². The highest BCUT2D eigenvalue weighted by atomic mass is 16.5. The minimum absolute atomic E-state index is 0.00414. The van der Waals surface area contributed by atoms with Crippen LogP contribution in [0.2, 0.25) is 0 Å². The number of rotatable bonds is 4. The first-order valence-electron chi connectivity index (χ1n) is 12.7. The number of hydrogen-bond donors (Lipinski definition) is 1. The lowest BCUT2D eigenvalue weighted by atomic mass is 10.1. The molecule has 1 aromatic heterocycles. The summed E-state index contributed by atoms with van der Waals surface area (Å²) in [7, 11) is 0. The number of nitrogens with one attached hydrogen (secondary N) is 1. The van der Waals surface area contributed by atoms with E-state index >= 15 is 0 Å². The van der Waals surface area contributed by atoms with E-state index in [-0.39, 0.29) is 12.0 Å². The molecule has 3 aromatic rings. The zero-order valence-electron chi connectivity index (χ0n) is 20.7. The van der Waals surface area contributed by atoms with E-state index in [9.17, 15) is 4.79 Å².